The molecule has 37 heteroatoms. The molecule has 4 aliphatic heterocycles. The molecule has 4 heterocycles. The number of sulfonamides is 1. The second-order valence-corrected chi connectivity index (χ2v) is 30.6. The van der Waals surface area contributed by atoms with Crippen LogP contribution in [-0.2, 0) is 54.3 Å². The number of non-ortho nitro benzene ring substituents is 4. The Kier molecular flexibility index (Phi) is 43.4. The SMILES string of the molecule is C.CCO.CO.NC(=[NH2+])SCCc1cccc([N+](=O)[O-])c1.NC(N)=S.O=C1NC(C2CCCCC2)=NC12CCN(S(=O)(=O)CCc1cccc([N+](=O)[O-])c1)CC2.O=C1NC(C2CCCCC2)=NC12CCNCC2.O=[N+]([O-])c1cccc(CCBr)c1.O=[N+]([O-])c1cccc(CCS(=O)(=O)Cl)c1.[Br-]. The molecule has 0 unspecified atom stereocenters. The molecule has 6 aliphatic rings. The van der Waals surface area contributed by atoms with Crippen molar-refractivity contribution in [1.82, 2.24) is 20.3 Å². The molecular weight excluding hydrogens is 1540 g/mol. The molecule has 10 rings (SSSR count). The van der Waals surface area contributed by atoms with Crippen LogP contribution in [0, 0.1) is 52.3 Å². The lowest BCUT2D eigenvalue weighted by Crippen LogP contribution is -3.00. The predicted octanol–water partition coefficient (Wildman–Crippen LogP) is 4.25. The van der Waals surface area contributed by atoms with E-state index in [2.05, 4.69) is 55.6 Å². The van der Waals surface area contributed by atoms with Gasteiger partial charge in [-0.05, 0) is 143 Å². The zero-order chi connectivity index (χ0) is 73.8. The van der Waals surface area contributed by atoms with Gasteiger partial charge in [0.2, 0.25) is 19.1 Å². The predicted molar refractivity (Wildman–Crippen MR) is 399 cm³/mol. The zero-order valence-corrected chi connectivity index (χ0v) is 63.0. The van der Waals surface area contributed by atoms with Crippen molar-refractivity contribution in [3.8, 4) is 0 Å². The van der Waals surface area contributed by atoms with Gasteiger partial charge in [0, 0.05) is 109 Å². The van der Waals surface area contributed by atoms with Crippen LogP contribution in [0.25, 0.3) is 0 Å². The molecule has 2 aliphatic carbocycles. The molecule has 13 N–H and O–H groups in total. The van der Waals surface area contributed by atoms with Gasteiger partial charge in [-0.2, -0.15) is 0 Å². The number of rotatable bonds is 18. The van der Waals surface area contributed by atoms with Gasteiger partial charge in [0.1, 0.15) is 22.7 Å². The molecule has 4 aromatic rings. The summed E-state index contributed by atoms with van der Waals surface area (Å²) in [6.07, 6.45) is 16.3. The van der Waals surface area contributed by atoms with Crippen molar-refractivity contribution in [3.63, 3.8) is 0 Å². The summed E-state index contributed by atoms with van der Waals surface area (Å²) in [5, 5.41) is 72.5. The first-order valence-electron chi connectivity index (χ1n) is 32.0. The largest absolute Gasteiger partial charge is 1.00 e. The Morgan fingerprint density at radius 2 is 0.970 bits per heavy atom. The number of aryl methyl sites for hydroxylation is 4. The Bertz CT molecular complexity index is 3630. The molecule has 101 heavy (non-hydrogen) atoms. The number of hydrogen-bond acceptors (Lipinski definition) is 21. The van der Waals surface area contributed by atoms with E-state index in [0.29, 0.717) is 47.4 Å². The number of nitrogens with one attached hydrogen (secondary N) is 3. The fraction of sp³-hybridized carbons (Fsp3) is 0.531. The molecule has 4 fully saturated rings. The summed E-state index contributed by atoms with van der Waals surface area (Å²) in [6, 6.07) is 25.1. The Balaban J connectivity index is 0.000000635. The van der Waals surface area contributed by atoms with Crippen molar-refractivity contribution in [2.75, 3.05) is 62.5 Å². The number of alkyl halides is 1. The van der Waals surface area contributed by atoms with E-state index >= 15 is 0 Å². The van der Waals surface area contributed by atoms with Gasteiger partial charge in [-0.25, -0.2) is 21.1 Å². The third-order valence-electron chi connectivity index (χ3n) is 16.2. The highest BCUT2D eigenvalue weighted by molar-refractivity contribution is 9.09. The molecule has 0 bridgehead atoms. The molecule has 2 saturated carbocycles. The van der Waals surface area contributed by atoms with Crippen molar-refractivity contribution < 1.29 is 78.7 Å². The minimum absolute atomic E-state index is 0. The van der Waals surface area contributed by atoms with E-state index < -0.39 is 44.9 Å². The fourth-order valence-electron chi connectivity index (χ4n) is 11.2. The summed E-state index contributed by atoms with van der Waals surface area (Å²) >= 11 is 8.71. The third-order valence-corrected chi connectivity index (χ3v) is 20.3. The van der Waals surface area contributed by atoms with Crippen LogP contribution in [0.4, 0.5) is 22.7 Å². The van der Waals surface area contributed by atoms with Gasteiger partial charge in [0.25, 0.3) is 39.7 Å². The molecule has 2 amide bonds. The summed E-state index contributed by atoms with van der Waals surface area (Å²) in [6.45, 7) is 4.27. The van der Waals surface area contributed by atoms with Gasteiger partial charge in [-0.15, -0.1) is 0 Å². The standard InChI is InChI=1S/C21H28N4O5S.C13H21N3O.C9H11N3O2S.C8H8BrNO2.C8H8ClNO4S.C2H6O.CH4N2S.CH4O.CH4.BrH/c26-20-21(23-19(22-20)17-6-2-1-3-7-17)10-12-24(13-11-21)31(29,30)14-9-16-5-4-8-18(15-16)25(27)28;17-12-13(6-8-14-9-7-13)16-11(15-12)10-4-2-1-3-5-10;10-9(11)15-5-4-7-2-1-3-8(6-7)12(13)14;9-5-4-7-2-1-3-8(6-7)10(11)12;9-15(13,14)5-4-7-2-1-3-8(6-7)10(11)12;1-2-3;2-1(3)4;1-2;;/h4-5,8,15,17H,1-3,6-7,9-14H2,(H,22,23,26);10,14H,1-9H2,(H,15,16,17);1-3,6H,4-5H2,(H3,10,11);1-3,6H,4-5H2;1-3,6H,4-5H2;3H,2H2,1H3;(H4,2,3,4);2H,1H3;1H4;1H. The normalized spacial score (nSPS) is 16.5. The van der Waals surface area contributed by atoms with E-state index in [4.69, 9.17) is 42.0 Å². The fourth-order valence-corrected chi connectivity index (χ4v) is 14.4. The van der Waals surface area contributed by atoms with E-state index in [9.17, 15) is 66.9 Å². The maximum absolute atomic E-state index is 12.8. The van der Waals surface area contributed by atoms with E-state index in [0.717, 1.165) is 99.0 Å². The lowest BCUT2D eigenvalue weighted by atomic mass is 9.88. The van der Waals surface area contributed by atoms with Crippen molar-refractivity contribution in [2.45, 2.75) is 141 Å². The van der Waals surface area contributed by atoms with Gasteiger partial charge in [0.05, 0.1) is 31.2 Å². The number of aliphatic hydroxyl groups excluding tert-OH is 2. The summed E-state index contributed by atoms with van der Waals surface area (Å²) in [5.41, 5.74) is 16.5. The number of aliphatic imine (C=N–C) groups is 2. The monoisotopic (exact) mass is 1640 g/mol. The second-order valence-electron chi connectivity index (χ2n) is 23.2. The molecule has 2 spiro atoms. The van der Waals surface area contributed by atoms with Gasteiger partial charge in [-0.3, -0.25) is 71.2 Å². The molecule has 0 atom stereocenters. The summed E-state index contributed by atoms with van der Waals surface area (Å²) in [7, 11) is -1.06. The number of benzene rings is 4. The number of carbonyl (C=O) groups is 2. The lowest BCUT2D eigenvalue weighted by molar-refractivity contribution is -0.385. The number of thioether (sulfide) groups is 1. The van der Waals surface area contributed by atoms with Gasteiger partial charge < -0.3 is 54.6 Å². The summed E-state index contributed by atoms with van der Waals surface area (Å²) in [4.78, 5) is 74.8. The van der Waals surface area contributed by atoms with E-state index in [1.54, 1.807) is 49.4 Å². The lowest BCUT2D eigenvalue weighted by Gasteiger charge is -2.34. The number of halogens is 3. The number of thiocarbonyl (C=S) groups is 1. The number of nitrogens with two attached hydrogens (primary N) is 4. The number of amidine groups is 3. The summed E-state index contributed by atoms with van der Waals surface area (Å²) in [5.74, 6) is 3.06. The van der Waals surface area contributed by atoms with Gasteiger partial charge >= 0.3 is 0 Å². The van der Waals surface area contributed by atoms with Gasteiger partial charge in [0.15, 0.2) is 5.11 Å². The van der Waals surface area contributed by atoms with Crippen molar-refractivity contribution in [3.05, 3.63) is 160 Å². The van der Waals surface area contributed by atoms with Crippen LogP contribution in [-0.4, -0.2) is 158 Å². The molecular formula is C64H95Br2ClN14O16S4. The van der Waals surface area contributed by atoms with Crippen LogP contribution in [0.5, 0.6) is 0 Å². The number of aliphatic hydroxyl groups is 2. The third kappa shape index (κ3) is 33.5. The van der Waals surface area contributed by atoms with E-state index in [-0.39, 0.29) is 113 Å². The molecule has 4 aromatic carbocycles. The van der Waals surface area contributed by atoms with Gasteiger partial charge in [-0.1, -0.05) is 110 Å². The number of nitro benzene ring substituents is 4. The van der Waals surface area contributed by atoms with Crippen LogP contribution in [0.1, 0.15) is 126 Å². The van der Waals surface area contributed by atoms with Crippen LogP contribution in [0.2, 0.25) is 0 Å². The molecule has 0 aromatic heterocycles. The highest BCUT2D eigenvalue weighted by atomic mass is 79.9. The van der Waals surface area contributed by atoms with Crippen LogP contribution < -0.4 is 55.5 Å². The van der Waals surface area contributed by atoms with E-state index in [1.165, 1.54) is 97.1 Å². The Morgan fingerprint density at radius 3 is 1.30 bits per heavy atom. The minimum atomic E-state index is -3.55. The van der Waals surface area contributed by atoms with Crippen LogP contribution in [0.3, 0.4) is 0 Å². The molecule has 0 radical (unpaired) electrons. The van der Waals surface area contributed by atoms with Crippen LogP contribution >= 0.6 is 50.6 Å². The molecule has 2 saturated heterocycles. The van der Waals surface area contributed by atoms with Crippen LogP contribution in [0.15, 0.2) is 107 Å². The number of hydrogen-bond donors (Lipinski definition) is 9. The Morgan fingerprint density at radius 1 is 0.644 bits per heavy atom. The highest BCUT2D eigenvalue weighted by Gasteiger charge is 2.49. The zero-order valence-electron chi connectivity index (χ0n) is 55.8. The quantitative estimate of drug-likeness (QED) is 0.0128. The van der Waals surface area contributed by atoms with Crippen molar-refractivity contribution in [2.24, 2.45) is 39.0 Å². The first-order chi connectivity index (χ1) is 46.9. The number of piperidine rings is 2. The number of nitrogens with zero attached hydrogens (tertiary/aromatic N) is 7. The second kappa shape index (κ2) is 47.5. The maximum Gasteiger partial charge on any atom is 0.299 e. The summed E-state index contributed by atoms with van der Waals surface area (Å²) < 4.78 is 48.4. The van der Waals surface area contributed by atoms with Crippen molar-refractivity contribution in [1.29, 1.82) is 0 Å². The maximum atomic E-state index is 12.8. The molecule has 30 nitrogen and oxygen atoms in total. The first kappa shape index (κ1) is 92.3. The van der Waals surface area contributed by atoms with Crippen molar-refractivity contribution >= 4 is 126 Å². The number of carbonyl (C=O) groups excluding carboxylic acids is 2. The highest BCUT2D eigenvalue weighted by Crippen LogP contribution is 2.36. The first-order valence-corrected chi connectivity index (χ1v) is 38.6. The smallest absolute Gasteiger partial charge is 0.299 e. The number of nitro groups is 4. The Hall–Kier alpha value is -6.74. The number of amides is 2. The average Bonchev–Trinajstić information content (AvgIpc) is 1.65. The topological polar surface area (TPSA) is 483 Å². The minimum Gasteiger partial charge on any atom is -1.00 e. The Labute approximate surface area is 623 Å². The molecule has 562 valence electrons. The van der Waals surface area contributed by atoms with E-state index in [1.807, 2.05) is 12.1 Å². The average molecular weight is 1640 g/mol.